The van der Waals surface area contributed by atoms with Crippen molar-refractivity contribution in [3.63, 3.8) is 0 Å². The summed E-state index contributed by atoms with van der Waals surface area (Å²) in [6.07, 6.45) is 3.27. The van der Waals surface area contributed by atoms with Gasteiger partial charge in [0.1, 0.15) is 5.56 Å². The molecular formula is C21H25N3O4. The molecule has 2 heterocycles. The van der Waals surface area contributed by atoms with Crippen molar-refractivity contribution < 1.29 is 19.1 Å². The molecule has 0 unspecified atom stereocenters. The van der Waals surface area contributed by atoms with E-state index in [2.05, 4.69) is 10.3 Å². The molecule has 0 atom stereocenters. The Kier molecular flexibility index (Phi) is 6.60. The molecule has 3 rings (SSSR count). The second-order valence-electron chi connectivity index (χ2n) is 6.69. The van der Waals surface area contributed by atoms with Gasteiger partial charge in [0.15, 0.2) is 5.75 Å². The van der Waals surface area contributed by atoms with E-state index in [1.807, 2.05) is 25.1 Å². The predicted octanol–water partition coefficient (Wildman–Crippen LogP) is 3.08. The van der Waals surface area contributed by atoms with Crippen LogP contribution in [0.5, 0.6) is 11.6 Å². The van der Waals surface area contributed by atoms with Crippen molar-refractivity contribution in [3.8, 4) is 11.6 Å². The lowest BCUT2D eigenvalue weighted by Crippen LogP contribution is -2.32. The summed E-state index contributed by atoms with van der Waals surface area (Å²) in [5.74, 6) is 0.686. The lowest BCUT2D eigenvalue weighted by molar-refractivity contribution is -0.121. The number of aromatic nitrogens is 1. The Morgan fingerprint density at radius 2 is 2.14 bits per heavy atom. The van der Waals surface area contributed by atoms with Crippen molar-refractivity contribution in [1.29, 1.82) is 0 Å². The van der Waals surface area contributed by atoms with E-state index in [1.54, 1.807) is 30.3 Å². The highest BCUT2D eigenvalue weighted by Gasteiger charge is 2.28. The van der Waals surface area contributed by atoms with Crippen molar-refractivity contribution in [2.75, 3.05) is 31.7 Å². The summed E-state index contributed by atoms with van der Waals surface area (Å²) in [6.45, 7) is 3.58. The van der Waals surface area contributed by atoms with Crippen molar-refractivity contribution in [2.24, 2.45) is 0 Å². The summed E-state index contributed by atoms with van der Waals surface area (Å²) in [7, 11) is 1.64. The molecule has 2 aromatic rings. The van der Waals surface area contributed by atoms with Crippen LogP contribution in [0.4, 0.5) is 5.69 Å². The van der Waals surface area contributed by atoms with Crippen molar-refractivity contribution >= 4 is 17.5 Å². The fourth-order valence-corrected chi connectivity index (χ4v) is 3.07. The number of methoxy groups -OCH3 is 1. The van der Waals surface area contributed by atoms with Gasteiger partial charge in [0.25, 0.3) is 5.91 Å². The molecule has 1 aliphatic rings. The molecule has 1 aliphatic heterocycles. The zero-order chi connectivity index (χ0) is 19.9. The van der Waals surface area contributed by atoms with Crippen molar-refractivity contribution in [1.82, 2.24) is 10.3 Å². The van der Waals surface area contributed by atoms with Gasteiger partial charge >= 0.3 is 0 Å². The van der Waals surface area contributed by atoms with Crippen LogP contribution in [0.2, 0.25) is 0 Å². The van der Waals surface area contributed by atoms with Crippen LogP contribution >= 0.6 is 0 Å². The molecular weight excluding hydrogens is 358 g/mol. The summed E-state index contributed by atoms with van der Waals surface area (Å²) in [5.41, 5.74) is 2.14. The van der Waals surface area contributed by atoms with Gasteiger partial charge in [0.2, 0.25) is 11.8 Å². The molecule has 2 amide bonds. The molecule has 0 bridgehead atoms. The van der Waals surface area contributed by atoms with E-state index in [4.69, 9.17) is 9.47 Å². The van der Waals surface area contributed by atoms with Crippen LogP contribution < -0.4 is 15.0 Å². The van der Waals surface area contributed by atoms with E-state index in [-0.39, 0.29) is 11.8 Å². The number of amides is 2. The first-order valence-corrected chi connectivity index (χ1v) is 9.41. The normalized spacial score (nSPS) is 12.6. The van der Waals surface area contributed by atoms with Crippen LogP contribution in [-0.4, -0.2) is 43.6 Å². The molecule has 0 saturated carbocycles. The first-order valence-electron chi connectivity index (χ1n) is 9.41. The molecule has 0 radical (unpaired) electrons. The number of nitrogens with zero attached hydrogens (tertiary/aromatic N) is 2. The van der Waals surface area contributed by atoms with Crippen LogP contribution in [0.15, 0.2) is 36.5 Å². The van der Waals surface area contributed by atoms with E-state index in [0.717, 1.165) is 12.0 Å². The van der Waals surface area contributed by atoms with E-state index in [0.29, 0.717) is 55.4 Å². The smallest absolute Gasteiger partial charge is 0.263 e. The van der Waals surface area contributed by atoms with Gasteiger partial charge in [-0.25, -0.2) is 4.98 Å². The molecule has 1 N–H and O–H groups in total. The average Bonchev–Trinajstić information content (AvgIpc) is 2.80. The van der Waals surface area contributed by atoms with Gasteiger partial charge in [-0.1, -0.05) is 6.07 Å². The Hall–Kier alpha value is -2.93. The third-order valence-electron chi connectivity index (χ3n) is 4.49. The first kappa shape index (κ1) is 19.8. The van der Waals surface area contributed by atoms with E-state index in [9.17, 15) is 9.59 Å². The third-order valence-corrected chi connectivity index (χ3v) is 4.49. The second kappa shape index (κ2) is 9.32. The molecule has 148 valence electrons. The number of carbonyl (C=O) groups excluding carboxylic acids is 2. The van der Waals surface area contributed by atoms with E-state index in [1.165, 1.54) is 0 Å². The minimum Gasteiger partial charge on any atom is -0.436 e. The summed E-state index contributed by atoms with van der Waals surface area (Å²) in [6, 6.07) is 9.12. The number of anilines is 1. The average molecular weight is 383 g/mol. The van der Waals surface area contributed by atoms with Gasteiger partial charge in [0.05, 0.1) is 5.69 Å². The number of nitrogens with one attached hydrogen (secondary N) is 1. The van der Waals surface area contributed by atoms with Gasteiger partial charge in [-0.2, -0.15) is 0 Å². The van der Waals surface area contributed by atoms with Crippen molar-refractivity contribution in [2.45, 2.75) is 26.2 Å². The molecule has 0 fully saturated rings. The zero-order valence-electron chi connectivity index (χ0n) is 16.2. The molecule has 1 aromatic carbocycles. The molecule has 0 saturated heterocycles. The molecule has 1 aromatic heterocycles. The molecule has 0 spiro atoms. The van der Waals surface area contributed by atoms with E-state index < -0.39 is 0 Å². The Morgan fingerprint density at radius 3 is 2.96 bits per heavy atom. The maximum absolute atomic E-state index is 13.1. The largest absolute Gasteiger partial charge is 0.436 e. The Labute approximate surface area is 164 Å². The molecule has 7 heteroatoms. The summed E-state index contributed by atoms with van der Waals surface area (Å²) in [4.78, 5) is 31.0. The minimum atomic E-state index is -0.173. The quantitative estimate of drug-likeness (QED) is 0.709. The molecule has 0 aliphatic carbocycles. The van der Waals surface area contributed by atoms with Crippen LogP contribution in [0.25, 0.3) is 0 Å². The summed E-state index contributed by atoms with van der Waals surface area (Å²) >= 11 is 0. The lowest BCUT2D eigenvalue weighted by atomic mass is 10.1. The predicted molar refractivity (Wildman–Crippen MR) is 106 cm³/mol. The number of ether oxygens (including phenoxy) is 2. The van der Waals surface area contributed by atoms with Crippen LogP contribution in [0.3, 0.4) is 0 Å². The van der Waals surface area contributed by atoms with Crippen LogP contribution in [0.1, 0.15) is 35.2 Å². The zero-order valence-corrected chi connectivity index (χ0v) is 16.2. The number of rotatable bonds is 8. The highest BCUT2D eigenvalue weighted by Crippen LogP contribution is 2.38. The second-order valence-corrected chi connectivity index (χ2v) is 6.69. The maximum Gasteiger partial charge on any atom is 0.263 e. The fraction of sp³-hybridized carbons (Fsp3) is 0.381. The lowest BCUT2D eigenvalue weighted by Gasteiger charge is -2.22. The first-order chi connectivity index (χ1) is 13.6. The third kappa shape index (κ3) is 4.67. The van der Waals surface area contributed by atoms with Gasteiger partial charge in [-0.15, -0.1) is 0 Å². The molecule has 7 nitrogen and oxygen atoms in total. The number of aryl methyl sites for hydroxylation is 1. The highest BCUT2D eigenvalue weighted by molar-refractivity contribution is 6.09. The van der Waals surface area contributed by atoms with Gasteiger partial charge in [0, 0.05) is 39.4 Å². The highest BCUT2D eigenvalue weighted by atomic mass is 16.5. The SMILES string of the molecule is COCCCNC(=O)CCCN1C(=O)c2cccnc2Oc2ccc(C)cc21. The Bertz CT molecular complexity index is 853. The number of carbonyl (C=O) groups is 2. The molecule has 28 heavy (non-hydrogen) atoms. The van der Waals surface area contributed by atoms with Crippen molar-refractivity contribution in [3.05, 3.63) is 47.7 Å². The summed E-state index contributed by atoms with van der Waals surface area (Å²) in [5, 5.41) is 2.87. The number of benzene rings is 1. The van der Waals surface area contributed by atoms with Gasteiger partial charge < -0.3 is 19.7 Å². The fourth-order valence-electron chi connectivity index (χ4n) is 3.07. The summed E-state index contributed by atoms with van der Waals surface area (Å²) < 4.78 is 10.9. The number of pyridine rings is 1. The Balaban J connectivity index is 1.71. The standard InChI is InChI=1S/C21H25N3O4/c1-15-8-9-18-17(14-15)24(12-4-7-19(25)22-11-5-13-27-2)21(26)16-6-3-10-23-20(16)28-18/h3,6,8-10,14H,4-5,7,11-13H2,1-2H3,(H,22,25). The van der Waals surface area contributed by atoms with E-state index >= 15 is 0 Å². The topological polar surface area (TPSA) is 80.8 Å². The number of fused-ring (bicyclic) bond motifs is 2. The van der Waals surface area contributed by atoms with Gasteiger partial charge in [-0.05, 0) is 49.6 Å². The maximum atomic E-state index is 13.1. The Morgan fingerprint density at radius 1 is 1.29 bits per heavy atom. The van der Waals surface area contributed by atoms with Crippen LogP contribution in [0, 0.1) is 6.92 Å². The minimum absolute atomic E-state index is 0.0267. The number of hydrogen-bond donors (Lipinski definition) is 1. The monoisotopic (exact) mass is 383 g/mol. The number of hydrogen-bond acceptors (Lipinski definition) is 5. The van der Waals surface area contributed by atoms with Gasteiger partial charge in [-0.3, -0.25) is 9.59 Å². The van der Waals surface area contributed by atoms with Crippen LogP contribution in [-0.2, 0) is 9.53 Å².